The van der Waals surface area contributed by atoms with Crippen molar-refractivity contribution >= 4 is 0 Å². The summed E-state index contributed by atoms with van der Waals surface area (Å²) in [5.74, 6) is 1.60. The van der Waals surface area contributed by atoms with Gasteiger partial charge in [-0.2, -0.15) is 0 Å². The molecule has 65 valence electrons. The van der Waals surface area contributed by atoms with Gasteiger partial charge < -0.3 is 21.9 Å². The molecule has 0 aromatic heterocycles. The van der Waals surface area contributed by atoms with Crippen LogP contribution in [0.15, 0.2) is 24.3 Å². The molecule has 2 rings (SSSR count). The number of halogens is 1. The van der Waals surface area contributed by atoms with Crippen LogP contribution in [-0.2, 0) is 0 Å². The van der Waals surface area contributed by atoms with E-state index in [9.17, 15) is 0 Å². The molecule has 1 radical (unpaired) electrons. The van der Waals surface area contributed by atoms with E-state index in [0.29, 0.717) is 6.61 Å². The molecule has 0 amide bonds. The Kier molecular flexibility index (Phi) is 5.81. The Labute approximate surface area is 106 Å². The van der Waals surface area contributed by atoms with Gasteiger partial charge in [0.15, 0.2) is 11.5 Å². The Morgan fingerprint density at radius 3 is 2.54 bits per heavy atom. The van der Waals surface area contributed by atoms with Gasteiger partial charge >= 0.3 is 29.6 Å². The van der Waals surface area contributed by atoms with E-state index in [1.165, 1.54) is 0 Å². The molecule has 0 saturated heterocycles. The fourth-order valence-corrected chi connectivity index (χ4v) is 1.06. The molecule has 13 heavy (non-hydrogen) atoms. The van der Waals surface area contributed by atoms with Crippen LogP contribution < -0.4 is 51.4 Å². The molecule has 0 spiro atoms. The fourth-order valence-electron chi connectivity index (χ4n) is 1.06. The van der Waals surface area contributed by atoms with E-state index >= 15 is 0 Å². The van der Waals surface area contributed by atoms with Crippen LogP contribution in [0.3, 0.4) is 0 Å². The van der Waals surface area contributed by atoms with E-state index < -0.39 is 0 Å². The molecule has 1 aromatic carbocycles. The van der Waals surface area contributed by atoms with Crippen LogP contribution in [0, 0.1) is 6.92 Å². The molecule has 1 aromatic rings. The molecule has 1 unspecified atom stereocenters. The second-order valence-electron chi connectivity index (χ2n) is 2.50. The van der Waals surface area contributed by atoms with Crippen molar-refractivity contribution in [1.82, 2.24) is 0 Å². The van der Waals surface area contributed by atoms with Crippen molar-refractivity contribution in [2.45, 2.75) is 6.10 Å². The molecule has 4 heteroatoms. The van der Waals surface area contributed by atoms with Gasteiger partial charge in [-0.3, -0.25) is 0 Å². The average molecular weight is 208 g/mol. The molecule has 2 nitrogen and oxygen atoms in total. The molecule has 0 N–H and O–H groups in total. The van der Waals surface area contributed by atoms with Crippen LogP contribution in [0.2, 0.25) is 0 Å². The van der Waals surface area contributed by atoms with Crippen molar-refractivity contribution in [2.24, 2.45) is 0 Å². The van der Waals surface area contributed by atoms with Gasteiger partial charge in [-0.25, -0.2) is 0 Å². The van der Waals surface area contributed by atoms with Crippen LogP contribution in [0.1, 0.15) is 0 Å². The second-order valence-corrected chi connectivity index (χ2v) is 2.50. The Morgan fingerprint density at radius 2 is 1.85 bits per heavy atom. The van der Waals surface area contributed by atoms with Gasteiger partial charge in [-0.05, 0) is 19.1 Å². The van der Waals surface area contributed by atoms with E-state index in [2.05, 4.69) is 6.92 Å². The maximum absolute atomic E-state index is 5.40. The van der Waals surface area contributed by atoms with Gasteiger partial charge in [0.05, 0.1) is 0 Å². The van der Waals surface area contributed by atoms with Crippen LogP contribution in [0.25, 0.3) is 0 Å². The Bertz CT molecular complexity index is 268. The zero-order valence-corrected chi connectivity index (χ0v) is 10.3. The summed E-state index contributed by atoms with van der Waals surface area (Å²) < 4.78 is 10.7. The van der Waals surface area contributed by atoms with Crippen molar-refractivity contribution in [1.29, 1.82) is 0 Å². The number of hydrogen-bond donors (Lipinski definition) is 0. The zero-order chi connectivity index (χ0) is 7.68. The third-order valence-corrected chi connectivity index (χ3v) is 1.57. The topological polar surface area (TPSA) is 18.5 Å². The Hall–Kier alpha value is 0.110. The van der Waals surface area contributed by atoms with E-state index in [1.807, 2.05) is 24.3 Å². The van der Waals surface area contributed by atoms with Gasteiger partial charge in [-0.15, -0.1) is 0 Å². The molecular formula is C9H9ClNaO2. The van der Waals surface area contributed by atoms with Crippen molar-refractivity contribution in [3.05, 3.63) is 31.2 Å². The standard InChI is InChI=1S/C9H9O2.ClH.Na/c1-7-6-10-8-4-2-3-5-9(8)11-7;;/h2-5,7H,1,6H2;1H;/q;;+1/p-1. The first kappa shape index (κ1) is 13.1. The minimum Gasteiger partial charge on any atom is -1.00 e. The molecule has 1 atom stereocenters. The predicted molar refractivity (Wildman–Crippen MR) is 41.7 cm³/mol. The minimum atomic E-state index is -0.0788. The zero-order valence-electron chi connectivity index (χ0n) is 7.50. The van der Waals surface area contributed by atoms with Gasteiger partial charge in [0.2, 0.25) is 0 Å². The van der Waals surface area contributed by atoms with Crippen LogP contribution in [0.5, 0.6) is 11.5 Å². The summed E-state index contributed by atoms with van der Waals surface area (Å²) in [6.45, 7) is 4.29. The summed E-state index contributed by atoms with van der Waals surface area (Å²) in [6.07, 6.45) is -0.0788. The molecule has 0 saturated carbocycles. The minimum absolute atomic E-state index is 0. The number of para-hydroxylation sites is 2. The van der Waals surface area contributed by atoms with Crippen LogP contribution >= 0.6 is 0 Å². The normalized spacial score (nSPS) is 18.1. The van der Waals surface area contributed by atoms with Crippen molar-refractivity contribution in [3.8, 4) is 11.5 Å². The number of fused-ring (bicyclic) bond motifs is 1. The number of hydrogen-bond acceptors (Lipinski definition) is 2. The molecular weight excluding hydrogens is 199 g/mol. The summed E-state index contributed by atoms with van der Waals surface area (Å²) in [5.41, 5.74) is 0. The van der Waals surface area contributed by atoms with Crippen molar-refractivity contribution in [2.75, 3.05) is 6.61 Å². The van der Waals surface area contributed by atoms with E-state index in [0.717, 1.165) is 11.5 Å². The molecule has 1 heterocycles. The molecule has 1 aliphatic rings. The first-order valence-electron chi connectivity index (χ1n) is 3.58. The number of benzene rings is 1. The molecule has 0 bridgehead atoms. The summed E-state index contributed by atoms with van der Waals surface area (Å²) in [6, 6.07) is 7.61. The quantitative estimate of drug-likeness (QED) is 0.401. The third kappa shape index (κ3) is 3.06. The smallest absolute Gasteiger partial charge is 1.00 e. The monoisotopic (exact) mass is 207 g/mol. The molecule has 1 aliphatic heterocycles. The van der Waals surface area contributed by atoms with E-state index in [4.69, 9.17) is 9.47 Å². The maximum Gasteiger partial charge on any atom is 1.00 e. The third-order valence-electron chi connectivity index (χ3n) is 1.57. The van der Waals surface area contributed by atoms with Gasteiger partial charge in [0.25, 0.3) is 0 Å². The van der Waals surface area contributed by atoms with E-state index in [1.54, 1.807) is 0 Å². The van der Waals surface area contributed by atoms with E-state index in [-0.39, 0.29) is 48.1 Å². The largest absolute Gasteiger partial charge is 1.00 e. The predicted octanol–water partition coefficient (Wildman–Crippen LogP) is -4.33. The van der Waals surface area contributed by atoms with Gasteiger partial charge in [0, 0.05) is 0 Å². The number of rotatable bonds is 0. The SMILES string of the molecule is [CH2]C1COc2ccccc2O1.[Cl-].[Na+]. The summed E-state index contributed by atoms with van der Waals surface area (Å²) in [7, 11) is 0. The van der Waals surface area contributed by atoms with Crippen molar-refractivity contribution in [3.63, 3.8) is 0 Å². The second kappa shape index (κ2) is 5.76. The molecule has 0 fully saturated rings. The average Bonchev–Trinajstić information content (AvgIpc) is 2.04. The summed E-state index contributed by atoms with van der Waals surface area (Å²) in [5, 5.41) is 0. The van der Waals surface area contributed by atoms with Crippen LogP contribution in [-0.4, -0.2) is 12.7 Å². The van der Waals surface area contributed by atoms with Crippen LogP contribution in [0.4, 0.5) is 0 Å². The van der Waals surface area contributed by atoms with Gasteiger partial charge in [0.1, 0.15) is 12.7 Å². The number of ether oxygens (including phenoxy) is 2. The Morgan fingerprint density at radius 1 is 1.23 bits per heavy atom. The first-order chi connectivity index (χ1) is 5.36. The Balaban J connectivity index is 0.000000720. The fraction of sp³-hybridized carbons (Fsp3) is 0.222. The van der Waals surface area contributed by atoms with Crippen molar-refractivity contribution < 1.29 is 51.4 Å². The maximum atomic E-state index is 5.40. The summed E-state index contributed by atoms with van der Waals surface area (Å²) >= 11 is 0. The van der Waals surface area contributed by atoms with Gasteiger partial charge in [-0.1, -0.05) is 12.1 Å². The summed E-state index contributed by atoms with van der Waals surface area (Å²) in [4.78, 5) is 0. The molecule has 0 aliphatic carbocycles. The first-order valence-corrected chi connectivity index (χ1v) is 3.58.